The van der Waals surface area contributed by atoms with Crippen molar-refractivity contribution in [3.05, 3.63) is 39.2 Å². The average Bonchev–Trinajstić information content (AvgIpc) is 1.70. The molecule has 0 nitrogen and oxygen atoms in total. The summed E-state index contributed by atoms with van der Waals surface area (Å²) in [5, 5.41) is 0. The first-order chi connectivity index (χ1) is 4.24. The summed E-state index contributed by atoms with van der Waals surface area (Å²) in [4.78, 5) is 0. The van der Waals surface area contributed by atoms with Crippen LogP contribution in [0.1, 0.15) is 0 Å². The van der Waals surface area contributed by atoms with Crippen LogP contribution in [0, 0.1) is 13.8 Å². The second-order valence-corrected chi connectivity index (χ2v) is 2.98. The summed E-state index contributed by atoms with van der Waals surface area (Å²) in [7, 11) is 9.63. The summed E-state index contributed by atoms with van der Waals surface area (Å²) < 4.78 is 0. The molecule has 0 aliphatic heterocycles. The molecule has 9 heavy (non-hydrogen) atoms. The molecule has 60 valence electrons. The van der Waals surface area contributed by atoms with Crippen molar-refractivity contribution in [1.82, 2.24) is 0 Å². The molecule has 0 N–H and O–H groups in total. The number of allylic oxidation sites excluding steroid dienone is 2. The predicted octanol–water partition coefficient (Wildman–Crippen LogP) is 3.39. The molecule has 0 aromatic heterocycles. The second kappa shape index (κ2) is 39.3. The number of rotatable bonds is 0. The Balaban J connectivity index is -0.0000000600. The topological polar surface area (TPSA) is 0 Å². The van der Waals surface area contributed by atoms with Crippen molar-refractivity contribution in [3.63, 3.8) is 0 Å². The average molecular weight is 259 g/mol. The summed E-state index contributed by atoms with van der Waals surface area (Å²) >= 11 is -0.106. The summed E-state index contributed by atoms with van der Waals surface area (Å²) in [5.74, 6) is 0. The molecule has 0 atom stereocenters. The van der Waals surface area contributed by atoms with Crippen molar-refractivity contribution in [2.75, 3.05) is 0 Å². The van der Waals surface area contributed by atoms with E-state index in [-0.39, 0.29) is 15.9 Å². The Hall–Kier alpha value is 0.462. The zero-order chi connectivity index (χ0) is 8.12. The van der Waals surface area contributed by atoms with E-state index >= 15 is 0 Å². The molecule has 0 saturated carbocycles. The van der Waals surface area contributed by atoms with Gasteiger partial charge in [0.15, 0.2) is 0 Å². The van der Waals surface area contributed by atoms with Gasteiger partial charge in [-0.15, -0.1) is 0 Å². The van der Waals surface area contributed by atoms with Crippen molar-refractivity contribution in [2.24, 2.45) is 0 Å². The molecule has 0 aromatic carbocycles. The molecular formula is C6H10Cl2Pd-2. The molecule has 0 saturated heterocycles. The molecule has 0 rings (SSSR count). The Morgan fingerprint density at radius 1 is 1.11 bits per heavy atom. The van der Waals surface area contributed by atoms with Gasteiger partial charge < -0.3 is 0 Å². The van der Waals surface area contributed by atoms with Crippen LogP contribution in [0.2, 0.25) is 0 Å². The van der Waals surface area contributed by atoms with E-state index in [0.29, 0.717) is 0 Å². The molecule has 0 amide bonds. The Morgan fingerprint density at radius 3 is 1.11 bits per heavy atom. The van der Waals surface area contributed by atoms with Gasteiger partial charge in [0.1, 0.15) is 0 Å². The third-order valence-electron chi connectivity index (χ3n) is 0. The monoisotopic (exact) mass is 258 g/mol. The van der Waals surface area contributed by atoms with Crippen LogP contribution in [0.3, 0.4) is 0 Å². The third kappa shape index (κ3) is 1650. The fraction of sp³-hybridized carbons (Fsp3) is 0. The van der Waals surface area contributed by atoms with Crippen molar-refractivity contribution in [3.8, 4) is 0 Å². The second-order valence-electron chi connectivity index (χ2n) is 0.623. The van der Waals surface area contributed by atoms with Crippen molar-refractivity contribution in [1.29, 1.82) is 0 Å². The van der Waals surface area contributed by atoms with E-state index in [1.165, 1.54) is 12.2 Å². The van der Waals surface area contributed by atoms with Gasteiger partial charge in [0.2, 0.25) is 0 Å². The Bertz CT molecular complexity index is 40.3. The molecular weight excluding hydrogens is 249 g/mol. The molecule has 0 fully saturated rings. The van der Waals surface area contributed by atoms with Crippen molar-refractivity contribution >= 4 is 19.1 Å². The van der Waals surface area contributed by atoms with E-state index in [0.717, 1.165) is 0 Å². The SMILES string of the molecule is C=C[CH2-].C=C[CH2-].[Cl][Pd][Cl]. The van der Waals surface area contributed by atoms with Gasteiger partial charge in [-0.2, -0.15) is 0 Å². The molecule has 0 aliphatic carbocycles. The summed E-state index contributed by atoms with van der Waals surface area (Å²) in [6.45, 7) is 13.0. The minimum absolute atomic E-state index is 0.106. The Kier molecular flexibility index (Phi) is 70.9. The van der Waals surface area contributed by atoms with Crippen molar-refractivity contribution < 1.29 is 15.9 Å². The first kappa shape index (κ1) is 16.2. The van der Waals surface area contributed by atoms with Gasteiger partial charge in [-0.05, 0) is 0 Å². The zero-order valence-corrected chi connectivity index (χ0v) is 8.12. The minimum atomic E-state index is -0.106. The first-order valence-corrected chi connectivity index (χ1v) is 5.88. The molecule has 3 heteroatoms. The van der Waals surface area contributed by atoms with Crippen LogP contribution in [0.4, 0.5) is 0 Å². The molecule has 0 aromatic rings. The molecule has 0 spiro atoms. The van der Waals surface area contributed by atoms with Crippen LogP contribution in [0.5, 0.6) is 0 Å². The van der Waals surface area contributed by atoms with E-state index in [1.807, 2.05) is 0 Å². The third-order valence-corrected chi connectivity index (χ3v) is 0. The number of halogens is 2. The van der Waals surface area contributed by atoms with E-state index in [2.05, 4.69) is 27.0 Å². The van der Waals surface area contributed by atoms with Crippen LogP contribution >= 0.6 is 19.1 Å². The van der Waals surface area contributed by atoms with Gasteiger partial charge in [0.05, 0.1) is 0 Å². The molecule has 0 bridgehead atoms. The molecule has 0 unspecified atom stereocenters. The maximum atomic E-state index is 4.81. The van der Waals surface area contributed by atoms with Crippen LogP contribution in [0.25, 0.3) is 0 Å². The molecule has 0 aliphatic rings. The summed E-state index contributed by atoms with van der Waals surface area (Å²) in [6.07, 6.45) is 3.00. The van der Waals surface area contributed by atoms with Gasteiger partial charge in [0.25, 0.3) is 0 Å². The van der Waals surface area contributed by atoms with Gasteiger partial charge in [0, 0.05) is 0 Å². The van der Waals surface area contributed by atoms with Gasteiger partial charge in [-0.1, -0.05) is 0 Å². The maximum absolute atomic E-state index is 4.81. The van der Waals surface area contributed by atoms with Crippen molar-refractivity contribution in [2.45, 2.75) is 0 Å². The first-order valence-electron chi connectivity index (χ1n) is 1.87. The van der Waals surface area contributed by atoms with Gasteiger partial charge in [-0.25, -0.2) is 39.2 Å². The Morgan fingerprint density at radius 2 is 1.11 bits per heavy atom. The fourth-order valence-electron chi connectivity index (χ4n) is 0. The normalized spacial score (nSPS) is 5.11. The number of hydrogen-bond acceptors (Lipinski definition) is 0. The van der Waals surface area contributed by atoms with Gasteiger partial charge >= 0.3 is 35.0 Å². The summed E-state index contributed by atoms with van der Waals surface area (Å²) in [6, 6.07) is 0. The zero-order valence-electron chi connectivity index (χ0n) is 5.06. The molecule has 0 heterocycles. The van der Waals surface area contributed by atoms with E-state index < -0.39 is 0 Å². The molecule has 0 radical (unpaired) electrons. The fourth-order valence-corrected chi connectivity index (χ4v) is 0. The van der Waals surface area contributed by atoms with Crippen LogP contribution in [0.15, 0.2) is 25.3 Å². The quantitative estimate of drug-likeness (QED) is 0.462. The predicted molar refractivity (Wildman–Crippen MR) is 42.8 cm³/mol. The van der Waals surface area contributed by atoms with Crippen LogP contribution in [-0.2, 0) is 15.9 Å². The van der Waals surface area contributed by atoms with E-state index in [1.54, 1.807) is 0 Å². The van der Waals surface area contributed by atoms with Crippen LogP contribution in [-0.4, -0.2) is 0 Å². The van der Waals surface area contributed by atoms with E-state index in [4.69, 9.17) is 19.1 Å². The van der Waals surface area contributed by atoms with E-state index in [9.17, 15) is 0 Å². The van der Waals surface area contributed by atoms with Gasteiger partial charge in [-0.3, -0.25) is 0 Å². The summed E-state index contributed by atoms with van der Waals surface area (Å²) in [5.41, 5.74) is 0. The standard InChI is InChI=1S/2C3H5.2ClH.Pd/c2*1-3-2;;;/h2*3H,1-2H2;2*1H;/q2*-1;;;+2/p-2. The number of hydrogen-bond donors (Lipinski definition) is 0. The Labute approximate surface area is 74.0 Å². The van der Waals surface area contributed by atoms with Crippen LogP contribution < -0.4 is 0 Å².